The fourth-order valence-corrected chi connectivity index (χ4v) is 5.46. The largest absolute Gasteiger partial charge is 0.394 e. The van der Waals surface area contributed by atoms with Gasteiger partial charge in [0.05, 0.1) is 10.4 Å². The Morgan fingerprint density at radius 1 is 1.13 bits per heavy atom. The molecule has 128 valence electrons. The highest BCUT2D eigenvalue weighted by Crippen LogP contribution is 2.64. The summed E-state index contributed by atoms with van der Waals surface area (Å²) in [5.41, 5.74) is -1.58. The first-order valence-corrected chi connectivity index (χ1v) is 9.32. The van der Waals surface area contributed by atoms with E-state index in [1.165, 1.54) is 16.4 Å². The van der Waals surface area contributed by atoms with Crippen LogP contribution in [0, 0.1) is 11.3 Å². The van der Waals surface area contributed by atoms with Gasteiger partial charge in [0.2, 0.25) is 10.0 Å². The fourth-order valence-electron chi connectivity index (χ4n) is 3.50. The van der Waals surface area contributed by atoms with Crippen molar-refractivity contribution in [1.29, 1.82) is 0 Å². The molecule has 2 aliphatic rings. The predicted octanol–water partition coefficient (Wildman–Crippen LogP) is 4.08. The molecule has 1 aromatic carbocycles. The molecule has 0 N–H and O–H groups in total. The third-order valence-electron chi connectivity index (χ3n) is 5.04. The summed E-state index contributed by atoms with van der Waals surface area (Å²) in [7, 11) is -3.76. The number of benzene rings is 1. The van der Waals surface area contributed by atoms with E-state index in [1.54, 1.807) is 12.1 Å². The SMILES string of the molecule is O=S(=O)(c1ccccc1Cl)N1CCC(C2(C(F)(F)F)CC2)CC1. The average Bonchev–Trinajstić information content (AvgIpc) is 3.29. The molecule has 2 fully saturated rings. The lowest BCUT2D eigenvalue weighted by Gasteiger charge is -2.36. The number of nitrogens with zero attached hydrogens (tertiary/aromatic N) is 1. The van der Waals surface area contributed by atoms with E-state index < -0.39 is 27.5 Å². The molecular weight excluding hydrogens is 351 g/mol. The van der Waals surface area contributed by atoms with E-state index in [-0.39, 0.29) is 48.7 Å². The number of alkyl halides is 3. The minimum Gasteiger partial charge on any atom is -0.207 e. The zero-order chi connectivity index (χ0) is 16.9. The average molecular weight is 368 g/mol. The van der Waals surface area contributed by atoms with E-state index in [4.69, 9.17) is 11.6 Å². The summed E-state index contributed by atoms with van der Waals surface area (Å²) in [6, 6.07) is 6.12. The zero-order valence-corrected chi connectivity index (χ0v) is 13.9. The van der Waals surface area contributed by atoms with Gasteiger partial charge in [0.1, 0.15) is 4.90 Å². The quantitative estimate of drug-likeness (QED) is 0.807. The summed E-state index contributed by atoms with van der Waals surface area (Å²) in [6.07, 6.45) is -3.38. The van der Waals surface area contributed by atoms with Crippen molar-refractivity contribution >= 4 is 21.6 Å². The molecule has 0 amide bonds. The van der Waals surface area contributed by atoms with Crippen molar-refractivity contribution in [2.45, 2.75) is 36.8 Å². The third-order valence-corrected chi connectivity index (χ3v) is 7.44. The van der Waals surface area contributed by atoms with Crippen LogP contribution in [0.1, 0.15) is 25.7 Å². The number of hydrogen-bond acceptors (Lipinski definition) is 2. The molecular formula is C15H17ClF3NO2S. The molecule has 0 bridgehead atoms. The Hall–Kier alpha value is -0.790. The Bertz CT molecular complexity index is 693. The van der Waals surface area contributed by atoms with Gasteiger partial charge in [-0.3, -0.25) is 0 Å². The monoisotopic (exact) mass is 367 g/mol. The van der Waals surface area contributed by atoms with Crippen molar-refractivity contribution in [2.24, 2.45) is 11.3 Å². The summed E-state index contributed by atoms with van der Waals surface area (Å²) in [5.74, 6) is -0.486. The Labute approximate surface area is 138 Å². The second kappa shape index (κ2) is 5.63. The van der Waals surface area contributed by atoms with Crippen LogP contribution in [0.25, 0.3) is 0 Å². The van der Waals surface area contributed by atoms with E-state index >= 15 is 0 Å². The molecule has 0 aromatic heterocycles. The molecule has 3 rings (SSSR count). The molecule has 3 nitrogen and oxygen atoms in total. The molecule has 0 spiro atoms. The molecule has 23 heavy (non-hydrogen) atoms. The summed E-state index contributed by atoms with van der Waals surface area (Å²) in [5, 5.41) is 0.128. The second-order valence-electron chi connectivity index (χ2n) is 6.26. The lowest BCUT2D eigenvalue weighted by Crippen LogP contribution is -2.43. The van der Waals surface area contributed by atoms with Crippen molar-refractivity contribution in [3.05, 3.63) is 29.3 Å². The predicted molar refractivity (Wildman–Crippen MR) is 80.7 cm³/mol. The number of halogens is 4. The standard InChI is InChI=1S/C15H17ClF3NO2S/c16-12-3-1-2-4-13(12)23(21,22)20-9-5-11(6-10-20)14(7-8-14)15(17,18)19/h1-4,11H,5-10H2. The van der Waals surface area contributed by atoms with Crippen LogP contribution < -0.4 is 0 Å². The van der Waals surface area contributed by atoms with Crippen molar-refractivity contribution in [2.75, 3.05) is 13.1 Å². The van der Waals surface area contributed by atoms with Crippen LogP contribution in [0.2, 0.25) is 5.02 Å². The van der Waals surface area contributed by atoms with Gasteiger partial charge in [-0.1, -0.05) is 23.7 Å². The van der Waals surface area contributed by atoms with E-state index in [0.717, 1.165) is 0 Å². The van der Waals surface area contributed by atoms with Gasteiger partial charge in [0.15, 0.2) is 0 Å². The molecule has 1 aliphatic carbocycles. The number of rotatable bonds is 3. The van der Waals surface area contributed by atoms with Gasteiger partial charge in [-0.05, 0) is 43.7 Å². The molecule has 1 heterocycles. The Morgan fingerprint density at radius 3 is 2.17 bits per heavy atom. The highest BCUT2D eigenvalue weighted by Gasteiger charge is 2.66. The molecule has 1 aliphatic heterocycles. The molecule has 0 atom stereocenters. The zero-order valence-electron chi connectivity index (χ0n) is 12.3. The van der Waals surface area contributed by atoms with Crippen molar-refractivity contribution in [3.63, 3.8) is 0 Å². The van der Waals surface area contributed by atoms with Crippen molar-refractivity contribution < 1.29 is 21.6 Å². The maximum atomic E-state index is 13.2. The van der Waals surface area contributed by atoms with Crippen LogP contribution in [-0.2, 0) is 10.0 Å². The topological polar surface area (TPSA) is 37.4 Å². The van der Waals surface area contributed by atoms with E-state index in [0.29, 0.717) is 0 Å². The molecule has 1 aromatic rings. The molecule has 1 saturated heterocycles. The normalized spacial score (nSPS) is 23.0. The van der Waals surface area contributed by atoms with E-state index in [9.17, 15) is 21.6 Å². The molecule has 8 heteroatoms. The summed E-state index contributed by atoms with van der Waals surface area (Å²) in [4.78, 5) is 0.0112. The van der Waals surface area contributed by atoms with Gasteiger partial charge >= 0.3 is 6.18 Å². The minimum atomic E-state index is -4.19. The van der Waals surface area contributed by atoms with Crippen molar-refractivity contribution in [1.82, 2.24) is 4.31 Å². The van der Waals surface area contributed by atoms with Crippen LogP contribution in [0.5, 0.6) is 0 Å². The van der Waals surface area contributed by atoms with Gasteiger partial charge in [-0.2, -0.15) is 17.5 Å². The maximum absolute atomic E-state index is 13.2. The smallest absolute Gasteiger partial charge is 0.207 e. The van der Waals surface area contributed by atoms with Crippen LogP contribution in [0.3, 0.4) is 0 Å². The first-order valence-electron chi connectivity index (χ1n) is 7.50. The molecule has 0 unspecified atom stereocenters. The second-order valence-corrected chi connectivity index (χ2v) is 8.58. The molecule has 1 saturated carbocycles. The van der Waals surface area contributed by atoms with Gasteiger partial charge in [0, 0.05) is 13.1 Å². The highest BCUT2D eigenvalue weighted by atomic mass is 35.5. The van der Waals surface area contributed by atoms with E-state index in [2.05, 4.69) is 0 Å². The van der Waals surface area contributed by atoms with E-state index in [1.807, 2.05) is 0 Å². The van der Waals surface area contributed by atoms with Gasteiger partial charge in [-0.25, -0.2) is 8.42 Å². The van der Waals surface area contributed by atoms with Gasteiger partial charge < -0.3 is 0 Å². The Morgan fingerprint density at radius 2 is 1.70 bits per heavy atom. The number of piperidine rings is 1. The lowest BCUT2D eigenvalue weighted by molar-refractivity contribution is -0.206. The molecule has 0 radical (unpaired) electrons. The summed E-state index contributed by atoms with van der Waals surface area (Å²) >= 11 is 5.94. The third kappa shape index (κ3) is 2.87. The van der Waals surface area contributed by atoms with Crippen molar-refractivity contribution in [3.8, 4) is 0 Å². The first kappa shape index (κ1) is 17.0. The lowest BCUT2D eigenvalue weighted by atomic mass is 9.81. The number of hydrogen-bond donors (Lipinski definition) is 0. The fraction of sp³-hybridized carbons (Fsp3) is 0.600. The minimum absolute atomic E-state index is 0.0112. The maximum Gasteiger partial charge on any atom is 0.394 e. The van der Waals surface area contributed by atoms with Crippen LogP contribution in [0.15, 0.2) is 29.2 Å². The Kier molecular flexibility index (Phi) is 4.18. The summed E-state index contributed by atoms with van der Waals surface area (Å²) < 4.78 is 66.0. The number of sulfonamides is 1. The van der Waals surface area contributed by atoms with Gasteiger partial charge in [0.25, 0.3) is 0 Å². The first-order chi connectivity index (χ1) is 10.7. The van der Waals surface area contributed by atoms with Gasteiger partial charge in [-0.15, -0.1) is 0 Å². The van der Waals surface area contributed by atoms with Crippen LogP contribution in [0.4, 0.5) is 13.2 Å². The van der Waals surface area contributed by atoms with Crippen LogP contribution in [-0.4, -0.2) is 32.0 Å². The summed E-state index contributed by atoms with van der Waals surface area (Å²) in [6.45, 7) is 0.214. The van der Waals surface area contributed by atoms with Crippen LogP contribution >= 0.6 is 11.6 Å². The Balaban J connectivity index is 1.74. The highest BCUT2D eigenvalue weighted by molar-refractivity contribution is 7.89.